The number of nitrogens with zero attached hydrogens (tertiary/aromatic N) is 1. The van der Waals surface area contributed by atoms with Gasteiger partial charge in [0, 0.05) is 32.2 Å². The van der Waals surface area contributed by atoms with E-state index in [1.807, 2.05) is 6.92 Å². The summed E-state index contributed by atoms with van der Waals surface area (Å²) in [6.07, 6.45) is 1.43. The third-order valence-electron chi connectivity index (χ3n) is 3.55. The molecular weight excluding hydrogens is 358 g/mol. The van der Waals surface area contributed by atoms with Crippen LogP contribution < -0.4 is 20.7 Å². The van der Waals surface area contributed by atoms with Gasteiger partial charge >= 0.3 is 6.61 Å². The van der Waals surface area contributed by atoms with Crippen molar-refractivity contribution in [1.82, 2.24) is 16.0 Å². The number of alkyl halides is 2. The van der Waals surface area contributed by atoms with Crippen LogP contribution in [0.4, 0.5) is 8.78 Å². The van der Waals surface area contributed by atoms with Crippen LogP contribution in [0.25, 0.3) is 0 Å². The largest absolute Gasteiger partial charge is 0.459 e. The zero-order valence-corrected chi connectivity index (χ0v) is 15.1. The van der Waals surface area contributed by atoms with Crippen LogP contribution in [0.2, 0.25) is 0 Å². The Balaban J connectivity index is 1.80. The number of amides is 1. The van der Waals surface area contributed by atoms with Crippen LogP contribution in [0.1, 0.15) is 21.7 Å². The maximum Gasteiger partial charge on any atom is 0.387 e. The van der Waals surface area contributed by atoms with Crippen LogP contribution in [0.15, 0.2) is 46.0 Å². The lowest BCUT2D eigenvalue weighted by Crippen LogP contribution is -2.41. The van der Waals surface area contributed by atoms with Gasteiger partial charge in [-0.15, -0.1) is 0 Å². The Morgan fingerprint density at radius 2 is 2.00 bits per heavy atom. The van der Waals surface area contributed by atoms with Crippen molar-refractivity contribution in [3.63, 3.8) is 0 Å². The number of hydrogen-bond donors (Lipinski definition) is 3. The summed E-state index contributed by atoms with van der Waals surface area (Å²) in [5.74, 6) is 0.512. The normalized spacial score (nSPS) is 11.4. The number of ether oxygens (including phenoxy) is 1. The number of halogens is 2. The van der Waals surface area contributed by atoms with Crippen molar-refractivity contribution >= 4 is 11.9 Å². The van der Waals surface area contributed by atoms with Gasteiger partial charge in [-0.1, -0.05) is 17.7 Å². The van der Waals surface area contributed by atoms with Crippen molar-refractivity contribution in [1.29, 1.82) is 0 Å². The molecule has 9 heteroatoms. The molecule has 0 saturated carbocycles. The number of benzene rings is 1. The molecule has 146 valence electrons. The lowest BCUT2D eigenvalue weighted by molar-refractivity contribution is -0.0504. The number of nitrogens with one attached hydrogen (secondary N) is 3. The number of rotatable bonds is 8. The Morgan fingerprint density at radius 3 is 2.67 bits per heavy atom. The van der Waals surface area contributed by atoms with Crippen molar-refractivity contribution in [2.45, 2.75) is 20.1 Å². The first kappa shape index (κ1) is 20.2. The van der Waals surface area contributed by atoms with E-state index in [0.717, 1.165) is 5.56 Å². The Labute approximate surface area is 155 Å². The summed E-state index contributed by atoms with van der Waals surface area (Å²) in [5, 5.41) is 8.74. The summed E-state index contributed by atoms with van der Waals surface area (Å²) in [7, 11) is 1.59. The fourth-order valence-corrected chi connectivity index (χ4v) is 2.31. The Morgan fingerprint density at radius 1 is 1.22 bits per heavy atom. The van der Waals surface area contributed by atoms with E-state index in [9.17, 15) is 13.6 Å². The van der Waals surface area contributed by atoms with Crippen molar-refractivity contribution in [3.05, 3.63) is 53.5 Å². The maximum absolute atomic E-state index is 12.5. The smallest absolute Gasteiger partial charge is 0.387 e. The molecule has 0 atom stereocenters. The van der Waals surface area contributed by atoms with Crippen LogP contribution in [-0.2, 0) is 6.54 Å². The fraction of sp³-hybridized carbons (Fsp3) is 0.333. The zero-order valence-electron chi connectivity index (χ0n) is 15.1. The Bertz CT molecular complexity index is 764. The average molecular weight is 380 g/mol. The van der Waals surface area contributed by atoms with Gasteiger partial charge in [-0.2, -0.15) is 8.78 Å². The van der Waals surface area contributed by atoms with Crippen molar-refractivity contribution in [3.8, 4) is 5.75 Å². The molecule has 1 heterocycles. The topological polar surface area (TPSA) is 87.9 Å². The second-order valence-electron chi connectivity index (χ2n) is 5.58. The van der Waals surface area contributed by atoms with Crippen LogP contribution in [0.3, 0.4) is 0 Å². The van der Waals surface area contributed by atoms with Gasteiger partial charge in [-0.05, 0) is 25.1 Å². The molecule has 1 amide bonds. The summed E-state index contributed by atoms with van der Waals surface area (Å²) >= 11 is 0. The molecule has 0 aliphatic heterocycles. The van der Waals surface area contributed by atoms with Crippen LogP contribution in [0, 0.1) is 6.92 Å². The van der Waals surface area contributed by atoms with Gasteiger partial charge in [-0.3, -0.25) is 9.79 Å². The van der Waals surface area contributed by atoms with Gasteiger partial charge in [0.15, 0.2) is 11.7 Å². The first-order valence-corrected chi connectivity index (χ1v) is 8.30. The standard InChI is InChI=1S/C18H22F2N4O3/c1-12-5-6-14(27-17(19)20)13(10-12)11-24-18(21-2)23-8-7-22-16(25)15-4-3-9-26-15/h3-6,9-10,17H,7-8,11H2,1-2H3,(H,22,25)(H2,21,23,24). The number of aliphatic imine (C=N–C) groups is 1. The highest BCUT2D eigenvalue weighted by molar-refractivity contribution is 5.91. The number of carbonyl (C=O) groups excluding carboxylic acids is 1. The Hall–Kier alpha value is -3.10. The lowest BCUT2D eigenvalue weighted by Gasteiger charge is -2.15. The summed E-state index contributed by atoms with van der Waals surface area (Å²) in [6.45, 7) is -0.00109. The third-order valence-corrected chi connectivity index (χ3v) is 3.55. The number of carbonyl (C=O) groups is 1. The van der Waals surface area contributed by atoms with Gasteiger partial charge in [0.2, 0.25) is 0 Å². The first-order chi connectivity index (χ1) is 13.0. The summed E-state index contributed by atoms with van der Waals surface area (Å²) < 4.78 is 34.6. The second kappa shape index (κ2) is 10.1. The minimum absolute atomic E-state index is 0.115. The highest BCUT2D eigenvalue weighted by atomic mass is 19.3. The van der Waals surface area contributed by atoms with Crippen LogP contribution >= 0.6 is 0 Å². The van der Waals surface area contributed by atoms with E-state index in [4.69, 9.17) is 4.42 Å². The van der Waals surface area contributed by atoms with E-state index in [1.54, 1.807) is 31.3 Å². The molecule has 1 aromatic heterocycles. The van der Waals surface area contributed by atoms with E-state index in [0.29, 0.717) is 24.6 Å². The number of aryl methyl sites for hydroxylation is 1. The van der Waals surface area contributed by atoms with Crippen LogP contribution in [-0.4, -0.2) is 38.6 Å². The van der Waals surface area contributed by atoms with Crippen LogP contribution in [0.5, 0.6) is 5.75 Å². The molecule has 2 aromatic rings. The SMILES string of the molecule is CN=C(NCCNC(=O)c1ccco1)NCc1cc(C)ccc1OC(F)F. The lowest BCUT2D eigenvalue weighted by atomic mass is 10.1. The van der Waals surface area contributed by atoms with E-state index in [1.165, 1.54) is 12.3 Å². The average Bonchev–Trinajstić information content (AvgIpc) is 3.17. The van der Waals surface area contributed by atoms with Gasteiger partial charge in [-0.25, -0.2) is 0 Å². The van der Waals surface area contributed by atoms with Crippen molar-refractivity contribution in [2.75, 3.05) is 20.1 Å². The molecule has 27 heavy (non-hydrogen) atoms. The number of guanidine groups is 1. The monoisotopic (exact) mass is 380 g/mol. The molecule has 0 aliphatic carbocycles. The zero-order chi connectivity index (χ0) is 19.6. The van der Waals surface area contributed by atoms with E-state index >= 15 is 0 Å². The maximum atomic E-state index is 12.5. The molecule has 0 radical (unpaired) electrons. The quantitative estimate of drug-likeness (QED) is 0.372. The summed E-state index contributed by atoms with van der Waals surface area (Å²) in [5.41, 5.74) is 1.52. The third kappa shape index (κ3) is 6.61. The number of hydrogen-bond acceptors (Lipinski definition) is 4. The van der Waals surface area contributed by atoms with Crippen molar-refractivity contribution in [2.24, 2.45) is 4.99 Å². The van der Waals surface area contributed by atoms with Crippen molar-refractivity contribution < 1.29 is 22.7 Å². The molecule has 0 spiro atoms. The molecule has 0 bridgehead atoms. The predicted molar refractivity (Wildman–Crippen MR) is 97.1 cm³/mol. The van der Waals surface area contributed by atoms with Gasteiger partial charge in [0.25, 0.3) is 5.91 Å². The molecule has 0 aliphatic rings. The van der Waals surface area contributed by atoms with Gasteiger partial charge in [0.1, 0.15) is 5.75 Å². The number of furan rings is 1. The highest BCUT2D eigenvalue weighted by Gasteiger charge is 2.11. The fourth-order valence-electron chi connectivity index (χ4n) is 2.31. The second-order valence-corrected chi connectivity index (χ2v) is 5.58. The molecular formula is C18H22F2N4O3. The van der Waals surface area contributed by atoms with E-state index in [-0.39, 0.29) is 24.0 Å². The molecule has 3 N–H and O–H groups in total. The predicted octanol–water partition coefficient (Wildman–Crippen LogP) is 2.28. The molecule has 0 unspecified atom stereocenters. The summed E-state index contributed by atoms with van der Waals surface area (Å²) in [4.78, 5) is 15.8. The minimum Gasteiger partial charge on any atom is -0.459 e. The minimum atomic E-state index is -2.89. The van der Waals surface area contributed by atoms with Gasteiger partial charge < -0.3 is 25.1 Å². The van der Waals surface area contributed by atoms with Gasteiger partial charge in [0.05, 0.1) is 6.26 Å². The highest BCUT2D eigenvalue weighted by Crippen LogP contribution is 2.21. The van der Waals surface area contributed by atoms with E-state index < -0.39 is 6.61 Å². The first-order valence-electron chi connectivity index (χ1n) is 8.30. The van der Waals surface area contributed by atoms with E-state index in [2.05, 4.69) is 25.7 Å². The molecule has 0 saturated heterocycles. The Kier molecular flexibility index (Phi) is 7.60. The molecule has 0 fully saturated rings. The molecule has 2 rings (SSSR count). The summed E-state index contributed by atoms with van der Waals surface area (Å²) in [6, 6.07) is 8.19. The molecule has 1 aromatic carbocycles. The molecule has 7 nitrogen and oxygen atoms in total.